The molecule has 9 heteroatoms. The maximum Gasteiger partial charge on any atom is 0.269 e. The number of nitrogens with zero attached hydrogens (tertiary/aromatic N) is 2. The average molecular weight is 540 g/mol. The molecule has 1 unspecified atom stereocenters. The first-order valence-electron chi connectivity index (χ1n) is 12.9. The first-order valence-corrected chi connectivity index (χ1v) is 12.9. The Hall–Kier alpha value is -4.92. The lowest BCUT2D eigenvalue weighted by Gasteiger charge is -2.42. The van der Waals surface area contributed by atoms with Crippen LogP contribution in [-0.4, -0.2) is 35.9 Å². The maximum absolute atomic E-state index is 13.7. The normalized spacial score (nSPS) is 18.4. The van der Waals surface area contributed by atoms with Crippen molar-refractivity contribution in [2.24, 2.45) is 0 Å². The molecule has 9 nitrogen and oxygen atoms in total. The molecule has 0 aromatic heterocycles. The van der Waals surface area contributed by atoms with Gasteiger partial charge in [0.15, 0.2) is 5.78 Å². The molecule has 1 heterocycles. The van der Waals surface area contributed by atoms with Gasteiger partial charge in [-0.15, -0.1) is 0 Å². The third-order valence-electron chi connectivity index (χ3n) is 7.40. The van der Waals surface area contributed by atoms with Crippen molar-refractivity contribution in [3.05, 3.63) is 110 Å². The number of anilines is 1. The summed E-state index contributed by atoms with van der Waals surface area (Å²) >= 11 is 0. The van der Waals surface area contributed by atoms with E-state index in [0.29, 0.717) is 58.8 Å². The Morgan fingerprint density at radius 3 is 2.35 bits per heavy atom. The number of Topliss-reactive ketones (excluding diaryl/α,β-unsaturated/α-hetero) is 1. The maximum atomic E-state index is 13.7. The van der Waals surface area contributed by atoms with Crippen molar-refractivity contribution in [3.8, 4) is 11.5 Å². The van der Waals surface area contributed by atoms with Crippen LogP contribution >= 0.6 is 0 Å². The van der Waals surface area contributed by atoms with E-state index in [1.54, 1.807) is 54.5 Å². The number of carbonyl (C=O) groups excluding carboxylic acids is 1. The van der Waals surface area contributed by atoms with Gasteiger partial charge in [-0.2, -0.15) is 0 Å². The second-order valence-corrected chi connectivity index (χ2v) is 9.76. The van der Waals surface area contributed by atoms with Gasteiger partial charge in [-0.25, -0.2) is 0 Å². The molecule has 2 aliphatic rings. The highest BCUT2D eigenvalue weighted by molar-refractivity contribution is 6.19. The largest absolute Gasteiger partial charge is 0.507 e. The molecule has 204 valence electrons. The highest BCUT2D eigenvalue weighted by atomic mass is 16.6. The van der Waals surface area contributed by atoms with Gasteiger partial charge >= 0.3 is 0 Å². The van der Waals surface area contributed by atoms with Crippen LogP contribution in [0.4, 0.5) is 11.4 Å². The van der Waals surface area contributed by atoms with Gasteiger partial charge in [0.25, 0.3) is 5.69 Å². The molecule has 0 bridgehead atoms. The van der Waals surface area contributed by atoms with Gasteiger partial charge in [-0.3, -0.25) is 25.2 Å². The van der Waals surface area contributed by atoms with Gasteiger partial charge in [0.2, 0.25) is 0 Å². The number of rotatable bonds is 6. The van der Waals surface area contributed by atoms with Crippen LogP contribution in [0.15, 0.2) is 83.6 Å². The molecule has 1 aliphatic heterocycles. The van der Waals surface area contributed by atoms with Crippen LogP contribution in [0.2, 0.25) is 0 Å². The summed E-state index contributed by atoms with van der Waals surface area (Å²) < 4.78 is 11.2. The quantitative estimate of drug-likeness (QED) is 0.209. The van der Waals surface area contributed by atoms with E-state index in [4.69, 9.17) is 9.47 Å². The van der Waals surface area contributed by atoms with Crippen LogP contribution in [0.5, 0.6) is 11.5 Å². The van der Waals surface area contributed by atoms with Crippen molar-refractivity contribution in [3.63, 3.8) is 0 Å². The van der Waals surface area contributed by atoms with Gasteiger partial charge < -0.3 is 14.6 Å². The Labute approximate surface area is 231 Å². The van der Waals surface area contributed by atoms with E-state index in [1.165, 1.54) is 19.2 Å². The number of nitro benzene ring substituents is 1. The predicted molar refractivity (Wildman–Crippen MR) is 152 cm³/mol. The first kappa shape index (κ1) is 26.7. The molecule has 1 aliphatic carbocycles. The number of ketones is 1. The third kappa shape index (κ3) is 4.59. The number of aryl methyl sites for hydroxylation is 1. The fourth-order valence-corrected chi connectivity index (χ4v) is 5.44. The summed E-state index contributed by atoms with van der Waals surface area (Å²) in [7, 11) is 3.08. The lowest BCUT2D eigenvalue weighted by molar-refractivity contribution is -0.384. The number of nitro groups is 1. The van der Waals surface area contributed by atoms with E-state index < -0.39 is 10.8 Å². The topological polar surface area (TPSA) is 126 Å². The second kappa shape index (κ2) is 10.7. The predicted octanol–water partition coefficient (Wildman–Crippen LogP) is 6.48. The zero-order chi connectivity index (χ0) is 28.6. The van der Waals surface area contributed by atoms with Gasteiger partial charge in [0.1, 0.15) is 23.1 Å². The number of benzene rings is 3. The average Bonchev–Trinajstić information content (AvgIpc) is 2.96. The lowest BCUT2D eigenvalue weighted by atomic mass is 9.73. The van der Waals surface area contributed by atoms with Crippen LogP contribution in [0, 0.1) is 22.4 Å². The Bertz CT molecular complexity index is 1570. The molecule has 0 radical (unpaired) electrons. The van der Waals surface area contributed by atoms with E-state index in [0.717, 1.165) is 5.56 Å². The number of amidine groups is 1. The van der Waals surface area contributed by atoms with E-state index in [9.17, 15) is 25.4 Å². The molecular formula is C31H29N3O6. The van der Waals surface area contributed by atoms with Crippen LogP contribution < -0.4 is 14.4 Å². The molecule has 0 amide bonds. The Balaban J connectivity index is 1.84. The van der Waals surface area contributed by atoms with E-state index in [2.05, 4.69) is 0 Å². The number of ether oxygens (including phenoxy) is 2. The summed E-state index contributed by atoms with van der Waals surface area (Å²) in [5.74, 6) is -0.0471. The zero-order valence-corrected chi connectivity index (χ0v) is 22.4. The Morgan fingerprint density at radius 2 is 1.73 bits per heavy atom. The molecule has 3 aromatic rings. The number of methoxy groups -OCH3 is 2. The number of non-ortho nitro benzene ring substituents is 1. The number of aliphatic hydroxyl groups is 1. The lowest BCUT2D eigenvalue weighted by Crippen LogP contribution is -2.42. The number of carbonyl (C=O) groups is 1. The van der Waals surface area contributed by atoms with Crippen molar-refractivity contribution < 1.29 is 24.3 Å². The fraction of sp³-hybridized carbons (Fsp3) is 0.226. The SMILES string of the molecule is COc1ccc(OC)c(C2C(=C(O)c3ccc(C)cc3)C(=N)N(c3ccc([N+](=O)[O-])cc3)C3=C2C(=O)CCC3)c1. The monoisotopic (exact) mass is 539 g/mol. The number of nitrogens with one attached hydrogen (secondary N) is 1. The van der Waals surface area contributed by atoms with Crippen LogP contribution in [0.25, 0.3) is 5.76 Å². The molecule has 5 rings (SSSR count). The van der Waals surface area contributed by atoms with Crippen molar-refractivity contribution in [1.82, 2.24) is 0 Å². The number of allylic oxidation sites excluding steroid dienone is 2. The molecule has 1 atom stereocenters. The smallest absolute Gasteiger partial charge is 0.269 e. The number of hydrogen-bond donors (Lipinski definition) is 2. The summed E-state index contributed by atoms with van der Waals surface area (Å²) in [6, 6.07) is 18.4. The highest BCUT2D eigenvalue weighted by Gasteiger charge is 2.44. The van der Waals surface area contributed by atoms with Gasteiger partial charge in [0, 0.05) is 52.2 Å². The molecule has 3 aromatic carbocycles. The van der Waals surface area contributed by atoms with Gasteiger partial charge in [0.05, 0.1) is 25.1 Å². The highest BCUT2D eigenvalue weighted by Crippen LogP contribution is 2.50. The molecule has 2 N–H and O–H groups in total. The van der Waals surface area contributed by atoms with E-state index in [1.807, 2.05) is 19.1 Å². The van der Waals surface area contributed by atoms with E-state index in [-0.39, 0.29) is 28.6 Å². The second-order valence-electron chi connectivity index (χ2n) is 9.76. The fourth-order valence-electron chi connectivity index (χ4n) is 5.44. The van der Waals surface area contributed by atoms with E-state index >= 15 is 0 Å². The molecule has 0 saturated heterocycles. The minimum absolute atomic E-state index is 0.0322. The number of aliphatic hydroxyl groups excluding tert-OH is 1. The van der Waals surface area contributed by atoms with Crippen LogP contribution in [0.1, 0.15) is 41.9 Å². The van der Waals surface area contributed by atoms with Crippen LogP contribution in [0.3, 0.4) is 0 Å². The summed E-state index contributed by atoms with van der Waals surface area (Å²) in [5, 5.41) is 32.5. The summed E-state index contributed by atoms with van der Waals surface area (Å²) in [6.07, 6.45) is 1.43. The molecule has 40 heavy (non-hydrogen) atoms. The summed E-state index contributed by atoms with van der Waals surface area (Å²) in [5.41, 5.74) is 3.81. The summed E-state index contributed by atoms with van der Waals surface area (Å²) in [6.45, 7) is 1.94. The summed E-state index contributed by atoms with van der Waals surface area (Å²) in [4.78, 5) is 26.2. The molecule has 0 fully saturated rings. The zero-order valence-electron chi connectivity index (χ0n) is 22.4. The minimum Gasteiger partial charge on any atom is -0.507 e. The molecule has 0 saturated carbocycles. The van der Waals surface area contributed by atoms with Crippen molar-refractivity contribution >= 4 is 28.8 Å². The molecule has 0 spiro atoms. The minimum atomic E-state index is -0.809. The number of hydrogen-bond acceptors (Lipinski definition) is 7. The van der Waals surface area contributed by atoms with Crippen molar-refractivity contribution in [1.29, 1.82) is 5.41 Å². The Morgan fingerprint density at radius 1 is 1.02 bits per heavy atom. The van der Waals surface area contributed by atoms with Crippen molar-refractivity contribution in [2.75, 3.05) is 19.1 Å². The first-order chi connectivity index (χ1) is 19.2. The van der Waals surface area contributed by atoms with Crippen LogP contribution in [-0.2, 0) is 4.79 Å². The Kier molecular flexibility index (Phi) is 7.13. The third-order valence-corrected chi connectivity index (χ3v) is 7.40. The van der Waals surface area contributed by atoms with Crippen molar-refractivity contribution in [2.45, 2.75) is 32.1 Å². The van der Waals surface area contributed by atoms with Gasteiger partial charge in [-0.05, 0) is 50.1 Å². The molecular weight excluding hydrogens is 510 g/mol. The van der Waals surface area contributed by atoms with Gasteiger partial charge in [-0.1, -0.05) is 29.8 Å². The standard InChI is InChI=1S/C31H29N3O6/c1-18-7-9-19(10-8-18)30(36)29-27(23-17-22(39-2)15-16-26(23)40-3)28-24(5-4-6-25(28)35)33(31(29)32)20-11-13-21(14-12-20)34(37)38/h7-17,27,32,36H,4-6H2,1-3H3.